The first-order valence-corrected chi connectivity index (χ1v) is 6.44. The molecule has 0 radical (unpaired) electrons. The topological polar surface area (TPSA) is 34.1 Å². The SMILES string of the molecule is C#CCCC(Cl)S(=O)(=O)c1ccccc1. The van der Waals surface area contributed by atoms with Gasteiger partial charge in [0, 0.05) is 6.42 Å². The maximum Gasteiger partial charge on any atom is 0.195 e. The van der Waals surface area contributed by atoms with Crippen molar-refractivity contribution in [1.82, 2.24) is 0 Å². The van der Waals surface area contributed by atoms with Crippen LogP contribution in [0.5, 0.6) is 0 Å². The van der Waals surface area contributed by atoms with Crippen LogP contribution >= 0.6 is 11.6 Å². The molecule has 0 aliphatic heterocycles. The number of halogens is 1. The second-order valence-corrected chi connectivity index (χ2v) is 5.93. The molecule has 0 saturated heterocycles. The van der Waals surface area contributed by atoms with E-state index in [2.05, 4.69) is 5.92 Å². The van der Waals surface area contributed by atoms with Gasteiger partial charge in [-0.1, -0.05) is 18.2 Å². The summed E-state index contributed by atoms with van der Waals surface area (Å²) in [5, 5.41) is 0. The molecule has 1 unspecified atom stereocenters. The highest BCUT2D eigenvalue weighted by molar-refractivity contribution is 7.93. The van der Waals surface area contributed by atoms with Crippen molar-refractivity contribution in [2.45, 2.75) is 22.4 Å². The zero-order valence-corrected chi connectivity index (χ0v) is 9.63. The van der Waals surface area contributed by atoms with Crippen molar-refractivity contribution in [3.63, 3.8) is 0 Å². The molecule has 0 aliphatic carbocycles. The van der Waals surface area contributed by atoms with E-state index in [-0.39, 0.29) is 11.3 Å². The van der Waals surface area contributed by atoms with Crippen molar-refractivity contribution in [2.24, 2.45) is 0 Å². The molecule has 0 aliphatic rings. The molecule has 0 spiro atoms. The summed E-state index contributed by atoms with van der Waals surface area (Å²) < 4.78 is 22.7. The third kappa shape index (κ3) is 2.98. The Bertz CT molecular complexity index is 445. The van der Waals surface area contributed by atoms with Gasteiger partial charge in [-0.2, -0.15) is 0 Å². The Morgan fingerprint density at radius 1 is 1.33 bits per heavy atom. The van der Waals surface area contributed by atoms with E-state index in [4.69, 9.17) is 18.0 Å². The third-order valence-electron chi connectivity index (χ3n) is 1.92. The predicted molar refractivity (Wildman–Crippen MR) is 61.3 cm³/mol. The molecule has 0 N–H and O–H groups in total. The fourth-order valence-electron chi connectivity index (χ4n) is 1.11. The van der Waals surface area contributed by atoms with Crippen LogP contribution in [-0.4, -0.2) is 13.1 Å². The van der Waals surface area contributed by atoms with Gasteiger partial charge in [-0.3, -0.25) is 0 Å². The van der Waals surface area contributed by atoms with Crippen LogP contribution in [-0.2, 0) is 9.84 Å². The lowest BCUT2D eigenvalue weighted by Crippen LogP contribution is -2.15. The van der Waals surface area contributed by atoms with Gasteiger partial charge in [0.15, 0.2) is 9.84 Å². The Balaban J connectivity index is 2.90. The number of terminal acetylenes is 1. The number of rotatable bonds is 4. The molecule has 0 amide bonds. The number of hydrogen-bond acceptors (Lipinski definition) is 2. The number of sulfone groups is 1. The maximum absolute atomic E-state index is 11.8. The first-order chi connectivity index (χ1) is 7.09. The van der Waals surface area contributed by atoms with Gasteiger partial charge in [0.05, 0.1) is 4.90 Å². The van der Waals surface area contributed by atoms with Crippen LogP contribution in [0.2, 0.25) is 0 Å². The van der Waals surface area contributed by atoms with E-state index >= 15 is 0 Å². The fraction of sp³-hybridized carbons (Fsp3) is 0.273. The molecule has 0 fully saturated rings. The average Bonchev–Trinajstić information content (AvgIpc) is 2.27. The quantitative estimate of drug-likeness (QED) is 0.600. The minimum absolute atomic E-state index is 0.238. The highest BCUT2D eigenvalue weighted by Gasteiger charge is 2.24. The molecule has 2 nitrogen and oxygen atoms in total. The highest BCUT2D eigenvalue weighted by atomic mass is 35.5. The normalized spacial score (nSPS) is 13.1. The molecule has 1 rings (SSSR count). The van der Waals surface area contributed by atoms with Gasteiger partial charge < -0.3 is 0 Å². The predicted octanol–water partition coefficient (Wildman–Crippen LogP) is 2.44. The standard InChI is InChI=1S/C11H11ClO2S/c1-2-3-9-11(12)15(13,14)10-7-5-4-6-8-10/h1,4-8,11H,3,9H2. The molecule has 0 bridgehead atoms. The van der Waals surface area contributed by atoms with Crippen molar-refractivity contribution < 1.29 is 8.42 Å². The molecule has 0 heterocycles. The van der Waals surface area contributed by atoms with E-state index in [0.717, 1.165) is 0 Å². The molecule has 1 aromatic carbocycles. The lowest BCUT2D eigenvalue weighted by atomic mass is 10.3. The van der Waals surface area contributed by atoms with Crippen molar-refractivity contribution in [3.8, 4) is 12.3 Å². The van der Waals surface area contributed by atoms with Crippen molar-refractivity contribution in [1.29, 1.82) is 0 Å². The minimum Gasteiger partial charge on any atom is -0.222 e. The number of benzene rings is 1. The summed E-state index contributed by atoms with van der Waals surface area (Å²) in [6, 6.07) is 8.14. The summed E-state index contributed by atoms with van der Waals surface area (Å²) in [5.41, 5.74) is 0. The summed E-state index contributed by atoms with van der Waals surface area (Å²) in [5.74, 6) is 2.37. The van der Waals surface area contributed by atoms with Gasteiger partial charge in [0.2, 0.25) is 0 Å². The minimum atomic E-state index is -3.44. The van der Waals surface area contributed by atoms with Crippen LogP contribution in [0.3, 0.4) is 0 Å². The fourth-order valence-corrected chi connectivity index (χ4v) is 2.79. The summed E-state index contributed by atoms with van der Waals surface area (Å²) in [6.07, 6.45) is 5.69. The van der Waals surface area contributed by atoms with Gasteiger partial charge in [-0.05, 0) is 18.6 Å². The largest absolute Gasteiger partial charge is 0.222 e. The number of alkyl halides is 1. The molecule has 15 heavy (non-hydrogen) atoms. The second kappa shape index (κ2) is 5.20. The molecule has 4 heteroatoms. The van der Waals surface area contributed by atoms with Crippen molar-refractivity contribution >= 4 is 21.4 Å². The third-order valence-corrected chi connectivity index (χ3v) is 4.68. The van der Waals surface area contributed by atoms with Gasteiger partial charge in [-0.15, -0.1) is 23.9 Å². The van der Waals surface area contributed by atoms with Crippen LogP contribution in [0.15, 0.2) is 35.2 Å². The van der Waals surface area contributed by atoms with Crippen LogP contribution in [0.4, 0.5) is 0 Å². The summed E-state index contributed by atoms with van der Waals surface area (Å²) >= 11 is 5.80. The molecule has 0 aromatic heterocycles. The Kier molecular flexibility index (Phi) is 4.19. The van der Waals surface area contributed by atoms with Crippen LogP contribution in [0, 0.1) is 12.3 Å². The first-order valence-electron chi connectivity index (χ1n) is 4.45. The Labute approximate surface area is 95.2 Å². The monoisotopic (exact) mass is 242 g/mol. The zero-order chi connectivity index (χ0) is 11.3. The molecular formula is C11H11ClO2S. The van der Waals surface area contributed by atoms with Crippen LogP contribution < -0.4 is 0 Å². The molecule has 0 saturated carbocycles. The molecule has 80 valence electrons. The number of hydrogen-bond donors (Lipinski definition) is 0. The Morgan fingerprint density at radius 2 is 1.93 bits per heavy atom. The summed E-state index contributed by atoms with van der Waals surface area (Å²) in [6.45, 7) is 0. The average molecular weight is 243 g/mol. The van der Waals surface area contributed by atoms with E-state index in [0.29, 0.717) is 6.42 Å². The van der Waals surface area contributed by atoms with Crippen LogP contribution in [0.25, 0.3) is 0 Å². The maximum atomic E-state index is 11.8. The smallest absolute Gasteiger partial charge is 0.195 e. The second-order valence-electron chi connectivity index (χ2n) is 3.01. The zero-order valence-electron chi connectivity index (χ0n) is 8.06. The summed E-state index contributed by atoms with van der Waals surface area (Å²) in [4.78, 5) is 0.238. The first kappa shape index (κ1) is 12.1. The molecule has 1 aromatic rings. The van der Waals surface area contributed by atoms with Crippen LogP contribution in [0.1, 0.15) is 12.8 Å². The lowest BCUT2D eigenvalue weighted by molar-refractivity contribution is 0.589. The van der Waals surface area contributed by atoms with E-state index in [1.165, 1.54) is 12.1 Å². The van der Waals surface area contributed by atoms with Crippen molar-refractivity contribution in [2.75, 3.05) is 0 Å². The van der Waals surface area contributed by atoms with E-state index in [1.54, 1.807) is 18.2 Å². The van der Waals surface area contributed by atoms with Gasteiger partial charge in [0.1, 0.15) is 4.71 Å². The molecule has 1 atom stereocenters. The van der Waals surface area contributed by atoms with E-state index in [9.17, 15) is 8.42 Å². The summed E-state index contributed by atoms with van der Waals surface area (Å²) in [7, 11) is -3.44. The van der Waals surface area contributed by atoms with Gasteiger partial charge in [0.25, 0.3) is 0 Å². The Hall–Kier alpha value is -0.980. The van der Waals surface area contributed by atoms with E-state index < -0.39 is 14.5 Å². The van der Waals surface area contributed by atoms with Gasteiger partial charge in [-0.25, -0.2) is 8.42 Å². The van der Waals surface area contributed by atoms with Gasteiger partial charge >= 0.3 is 0 Å². The van der Waals surface area contributed by atoms with E-state index in [1.807, 2.05) is 0 Å². The van der Waals surface area contributed by atoms with Crippen molar-refractivity contribution in [3.05, 3.63) is 30.3 Å². The lowest BCUT2D eigenvalue weighted by Gasteiger charge is -2.09. The Morgan fingerprint density at radius 3 is 2.47 bits per heavy atom. The highest BCUT2D eigenvalue weighted by Crippen LogP contribution is 2.21. The molecular weight excluding hydrogens is 232 g/mol.